The molecule has 1 saturated heterocycles. The molecule has 0 aliphatic carbocycles. The predicted octanol–water partition coefficient (Wildman–Crippen LogP) is 2.29. The maximum atomic E-state index is 12.9. The number of halogens is 3. The Kier molecular flexibility index (Phi) is 3.89. The van der Waals surface area contributed by atoms with Crippen molar-refractivity contribution in [1.29, 1.82) is 0 Å². The summed E-state index contributed by atoms with van der Waals surface area (Å²) in [5, 5.41) is 8.87. The third-order valence-electron chi connectivity index (χ3n) is 3.26. The Morgan fingerprint density at radius 2 is 1.79 bits per heavy atom. The fourth-order valence-electron chi connectivity index (χ4n) is 2.12. The second-order valence-electron chi connectivity index (χ2n) is 6.19. The number of carbonyl (C=O) groups is 2. The minimum absolute atomic E-state index is 0.0978. The molecule has 0 aromatic rings. The molecule has 0 aromatic carbocycles. The number of alkyl halides is 3. The largest absolute Gasteiger partial charge is 0.481 e. The van der Waals surface area contributed by atoms with Crippen LogP contribution in [0.15, 0.2) is 0 Å². The highest BCUT2D eigenvalue weighted by atomic mass is 19.4. The molecule has 1 amide bonds. The Hall–Kier alpha value is -1.27. The van der Waals surface area contributed by atoms with Crippen molar-refractivity contribution in [2.75, 3.05) is 13.1 Å². The van der Waals surface area contributed by atoms with Gasteiger partial charge < -0.3 is 10.0 Å². The van der Waals surface area contributed by atoms with Gasteiger partial charge in [0.1, 0.15) is 0 Å². The molecule has 1 unspecified atom stereocenters. The van der Waals surface area contributed by atoms with E-state index in [1.165, 1.54) is 0 Å². The summed E-state index contributed by atoms with van der Waals surface area (Å²) < 4.78 is 38.8. The van der Waals surface area contributed by atoms with Crippen LogP contribution in [0.4, 0.5) is 13.2 Å². The molecule has 1 aliphatic heterocycles. The van der Waals surface area contributed by atoms with Crippen LogP contribution < -0.4 is 0 Å². The van der Waals surface area contributed by atoms with Crippen LogP contribution in [0.2, 0.25) is 0 Å². The molecule has 7 heteroatoms. The molecule has 1 fully saturated rings. The molecular weight excluding hydrogens is 263 g/mol. The molecule has 1 N–H and O–H groups in total. The number of hydrogen-bond donors (Lipinski definition) is 1. The highest BCUT2D eigenvalue weighted by Crippen LogP contribution is 2.46. The van der Waals surface area contributed by atoms with E-state index in [0.29, 0.717) is 0 Å². The molecule has 4 nitrogen and oxygen atoms in total. The summed E-state index contributed by atoms with van der Waals surface area (Å²) >= 11 is 0. The van der Waals surface area contributed by atoms with Crippen LogP contribution in [0.1, 0.15) is 33.6 Å². The van der Waals surface area contributed by atoms with Crippen LogP contribution in [0.3, 0.4) is 0 Å². The molecule has 0 saturated carbocycles. The van der Waals surface area contributed by atoms with Crippen LogP contribution in [0.25, 0.3) is 0 Å². The second kappa shape index (κ2) is 4.68. The van der Waals surface area contributed by atoms with E-state index in [-0.39, 0.29) is 18.4 Å². The third kappa shape index (κ3) is 3.19. The van der Waals surface area contributed by atoms with Crippen molar-refractivity contribution in [3.63, 3.8) is 0 Å². The number of likely N-dealkylation sites (tertiary alicyclic amines) is 1. The predicted molar refractivity (Wildman–Crippen MR) is 61.4 cm³/mol. The zero-order valence-corrected chi connectivity index (χ0v) is 11.2. The van der Waals surface area contributed by atoms with E-state index < -0.39 is 36.4 Å². The summed E-state index contributed by atoms with van der Waals surface area (Å²) in [5.74, 6) is -2.34. The van der Waals surface area contributed by atoms with Gasteiger partial charge in [0.05, 0.1) is 0 Å². The first-order chi connectivity index (χ1) is 8.39. The normalized spacial score (nSPS) is 24.6. The number of nitrogens with zero attached hydrogens (tertiary/aromatic N) is 1. The fourth-order valence-corrected chi connectivity index (χ4v) is 2.12. The van der Waals surface area contributed by atoms with E-state index in [1.807, 2.05) is 0 Å². The molecule has 1 heterocycles. The molecule has 110 valence electrons. The molecule has 0 radical (unpaired) electrons. The Morgan fingerprint density at radius 1 is 1.26 bits per heavy atom. The lowest BCUT2D eigenvalue weighted by Crippen LogP contribution is -2.48. The summed E-state index contributed by atoms with van der Waals surface area (Å²) in [4.78, 5) is 23.8. The van der Waals surface area contributed by atoms with Gasteiger partial charge in [-0.25, -0.2) is 0 Å². The molecule has 0 aromatic heterocycles. The summed E-state index contributed by atoms with van der Waals surface area (Å²) in [6.45, 7) is 4.45. The molecular formula is C12H18F3NO3. The summed E-state index contributed by atoms with van der Waals surface area (Å²) in [7, 11) is 0. The zero-order valence-electron chi connectivity index (χ0n) is 11.2. The number of rotatable bonds is 2. The highest BCUT2D eigenvalue weighted by molar-refractivity contribution is 5.81. The average molecular weight is 281 g/mol. The lowest BCUT2D eigenvalue weighted by Gasteiger charge is -2.28. The maximum Gasteiger partial charge on any atom is 0.406 e. The standard InChI is InChI=1S/C12H18F3NO3/c1-10(2,3)6-8(17)16-5-4-11(7-16,9(18)19)12(13,14)15/h4-7H2,1-3H3,(H,18,19). The number of carboxylic acid groups (broad SMARTS) is 1. The fraction of sp³-hybridized carbons (Fsp3) is 0.833. The SMILES string of the molecule is CC(C)(C)CC(=O)N1CCC(C(=O)O)(C(F)(F)F)C1. The topological polar surface area (TPSA) is 57.6 Å². The monoisotopic (exact) mass is 281 g/mol. The number of aliphatic carboxylic acids is 1. The summed E-state index contributed by atoms with van der Waals surface area (Å²) in [6, 6.07) is 0. The van der Waals surface area contributed by atoms with Crippen molar-refractivity contribution in [3.8, 4) is 0 Å². The van der Waals surface area contributed by atoms with Crippen molar-refractivity contribution in [2.24, 2.45) is 10.8 Å². The van der Waals surface area contributed by atoms with Crippen LogP contribution in [-0.2, 0) is 9.59 Å². The van der Waals surface area contributed by atoms with Crippen LogP contribution in [-0.4, -0.2) is 41.1 Å². The highest BCUT2D eigenvalue weighted by Gasteiger charge is 2.64. The number of amides is 1. The Balaban J connectivity index is 2.87. The quantitative estimate of drug-likeness (QED) is 0.845. The van der Waals surface area contributed by atoms with Gasteiger partial charge in [-0.1, -0.05) is 20.8 Å². The third-order valence-corrected chi connectivity index (χ3v) is 3.26. The van der Waals surface area contributed by atoms with E-state index in [9.17, 15) is 22.8 Å². The van der Waals surface area contributed by atoms with Gasteiger partial charge in [0.2, 0.25) is 5.91 Å². The molecule has 1 aliphatic rings. The van der Waals surface area contributed by atoms with Gasteiger partial charge >= 0.3 is 12.1 Å². The molecule has 19 heavy (non-hydrogen) atoms. The zero-order chi connectivity index (χ0) is 15.1. The first-order valence-electron chi connectivity index (χ1n) is 5.97. The Labute approximate surface area is 109 Å². The molecule has 1 atom stereocenters. The smallest absolute Gasteiger partial charge is 0.406 e. The lowest BCUT2D eigenvalue weighted by atomic mass is 9.86. The van der Waals surface area contributed by atoms with Gasteiger partial charge in [-0.2, -0.15) is 13.2 Å². The van der Waals surface area contributed by atoms with Gasteiger partial charge in [-0.15, -0.1) is 0 Å². The summed E-state index contributed by atoms with van der Waals surface area (Å²) in [6.07, 6.45) is -5.34. The minimum Gasteiger partial charge on any atom is -0.481 e. The maximum absolute atomic E-state index is 12.9. The minimum atomic E-state index is -4.85. The van der Waals surface area contributed by atoms with Crippen molar-refractivity contribution < 1.29 is 27.9 Å². The first kappa shape index (κ1) is 15.8. The Morgan fingerprint density at radius 3 is 2.11 bits per heavy atom. The lowest BCUT2D eigenvalue weighted by molar-refractivity contribution is -0.227. The Bertz CT molecular complexity index is 387. The van der Waals surface area contributed by atoms with Gasteiger partial charge in [0.15, 0.2) is 5.41 Å². The van der Waals surface area contributed by atoms with Crippen molar-refractivity contribution >= 4 is 11.9 Å². The van der Waals surface area contributed by atoms with Crippen LogP contribution in [0.5, 0.6) is 0 Å². The van der Waals surface area contributed by atoms with E-state index >= 15 is 0 Å². The van der Waals surface area contributed by atoms with E-state index in [0.717, 1.165) is 4.90 Å². The number of hydrogen-bond acceptors (Lipinski definition) is 2. The average Bonchev–Trinajstić information content (AvgIpc) is 2.58. The van der Waals surface area contributed by atoms with Crippen LogP contribution in [0, 0.1) is 10.8 Å². The van der Waals surface area contributed by atoms with E-state index in [4.69, 9.17) is 5.11 Å². The van der Waals surface area contributed by atoms with E-state index in [1.54, 1.807) is 20.8 Å². The molecule has 0 spiro atoms. The van der Waals surface area contributed by atoms with E-state index in [2.05, 4.69) is 0 Å². The van der Waals surface area contributed by atoms with Crippen molar-refractivity contribution in [2.45, 2.75) is 39.8 Å². The van der Waals surface area contributed by atoms with Gasteiger partial charge in [-0.05, 0) is 11.8 Å². The van der Waals surface area contributed by atoms with Crippen LogP contribution >= 0.6 is 0 Å². The first-order valence-corrected chi connectivity index (χ1v) is 5.97. The number of carbonyl (C=O) groups excluding carboxylic acids is 1. The van der Waals surface area contributed by atoms with Crippen molar-refractivity contribution in [1.82, 2.24) is 4.90 Å². The van der Waals surface area contributed by atoms with Crippen molar-refractivity contribution in [3.05, 3.63) is 0 Å². The van der Waals surface area contributed by atoms with Gasteiger partial charge in [0, 0.05) is 19.5 Å². The van der Waals surface area contributed by atoms with Gasteiger partial charge in [0.25, 0.3) is 0 Å². The van der Waals surface area contributed by atoms with Gasteiger partial charge in [-0.3, -0.25) is 9.59 Å². The number of carboxylic acids is 1. The summed E-state index contributed by atoms with van der Waals surface area (Å²) in [5.41, 5.74) is -3.16. The molecule has 1 rings (SSSR count). The molecule has 0 bridgehead atoms. The second-order valence-corrected chi connectivity index (χ2v) is 6.19.